The standard InChI is InChI=1S/C16H20ClNO2/c1-11(19)13-4-5-18(9-13)8-12-6-14-7-15(17)2-3-16(14)20-10-12/h2-3,6-7,11,13,19H,4-5,8-10H2,1H3. The highest BCUT2D eigenvalue weighted by atomic mass is 35.5. The van der Waals surface area contributed by atoms with E-state index in [2.05, 4.69) is 11.0 Å². The Morgan fingerprint density at radius 2 is 2.35 bits per heavy atom. The largest absolute Gasteiger partial charge is 0.489 e. The number of likely N-dealkylation sites (tertiary alicyclic amines) is 1. The molecule has 4 heteroatoms. The van der Waals surface area contributed by atoms with E-state index in [1.807, 2.05) is 25.1 Å². The van der Waals surface area contributed by atoms with E-state index in [1.54, 1.807) is 0 Å². The molecule has 2 atom stereocenters. The van der Waals surface area contributed by atoms with Gasteiger partial charge in [-0.3, -0.25) is 4.90 Å². The maximum Gasteiger partial charge on any atom is 0.127 e. The summed E-state index contributed by atoms with van der Waals surface area (Å²) in [6, 6.07) is 5.72. The van der Waals surface area contributed by atoms with Gasteiger partial charge >= 0.3 is 0 Å². The lowest BCUT2D eigenvalue weighted by atomic mass is 10.0. The number of benzene rings is 1. The van der Waals surface area contributed by atoms with Crippen LogP contribution >= 0.6 is 11.6 Å². The van der Waals surface area contributed by atoms with Crippen LogP contribution in [-0.4, -0.2) is 42.4 Å². The van der Waals surface area contributed by atoms with E-state index in [-0.39, 0.29) is 6.10 Å². The Kier molecular flexibility index (Phi) is 4.01. The summed E-state index contributed by atoms with van der Waals surface area (Å²) in [6.45, 7) is 5.46. The van der Waals surface area contributed by atoms with Gasteiger partial charge in [0.25, 0.3) is 0 Å². The zero-order valence-electron chi connectivity index (χ0n) is 11.7. The van der Waals surface area contributed by atoms with Gasteiger partial charge in [0.1, 0.15) is 12.4 Å². The molecule has 20 heavy (non-hydrogen) atoms. The normalized spacial score (nSPS) is 23.9. The molecule has 2 aliphatic rings. The number of rotatable bonds is 3. The van der Waals surface area contributed by atoms with Gasteiger partial charge < -0.3 is 9.84 Å². The van der Waals surface area contributed by atoms with Crippen LogP contribution in [0.3, 0.4) is 0 Å². The Morgan fingerprint density at radius 1 is 1.50 bits per heavy atom. The Morgan fingerprint density at radius 3 is 3.10 bits per heavy atom. The molecule has 0 bridgehead atoms. The average molecular weight is 294 g/mol. The van der Waals surface area contributed by atoms with Crippen LogP contribution in [0.4, 0.5) is 0 Å². The maximum absolute atomic E-state index is 9.66. The van der Waals surface area contributed by atoms with Crippen LogP contribution in [0.1, 0.15) is 18.9 Å². The van der Waals surface area contributed by atoms with E-state index in [0.29, 0.717) is 12.5 Å². The third-order valence-electron chi connectivity index (χ3n) is 4.16. The molecule has 0 spiro atoms. The Labute approximate surface area is 124 Å². The van der Waals surface area contributed by atoms with Crippen LogP contribution in [-0.2, 0) is 0 Å². The number of hydrogen-bond donors (Lipinski definition) is 1. The van der Waals surface area contributed by atoms with Crippen molar-refractivity contribution < 1.29 is 9.84 Å². The molecule has 2 heterocycles. The van der Waals surface area contributed by atoms with E-state index in [4.69, 9.17) is 16.3 Å². The molecule has 1 aromatic carbocycles. The van der Waals surface area contributed by atoms with Gasteiger partial charge in [-0.05, 0) is 55.7 Å². The summed E-state index contributed by atoms with van der Waals surface area (Å²) in [5.74, 6) is 1.31. The molecular weight excluding hydrogens is 274 g/mol. The summed E-state index contributed by atoms with van der Waals surface area (Å²) in [5, 5.41) is 10.4. The molecule has 3 nitrogen and oxygen atoms in total. The Bertz CT molecular complexity index is 527. The van der Waals surface area contributed by atoms with Gasteiger partial charge in [-0.2, -0.15) is 0 Å². The fraction of sp³-hybridized carbons (Fsp3) is 0.500. The molecule has 1 N–H and O–H groups in total. The van der Waals surface area contributed by atoms with E-state index in [1.165, 1.54) is 5.57 Å². The predicted molar refractivity (Wildman–Crippen MR) is 81.2 cm³/mol. The van der Waals surface area contributed by atoms with Gasteiger partial charge in [-0.1, -0.05) is 11.6 Å². The second-order valence-corrected chi connectivity index (χ2v) is 6.23. The Balaban J connectivity index is 1.67. The summed E-state index contributed by atoms with van der Waals surface area (Å²) in [6.07, 6.45) is 3.05. The van der Waals surface area contributed by atoms with Gasteiger partial charge in [0, 0.05) is 23.7 Å². The third kappa shape index (κ3) is 3.00. The van der Waals surface area contributed by atoms with E-state index in [9.17, 15) is 5.11 Å². The first-order valence-corrected chi connectivity index (χ1v) is 7.52. The van der Waals surface area contributed by atoms with Crippen molar-refractivity contribution in [3.8, 4) is 5.75 Å². The maximum atomic E-state index is 9.66. The van der Waals surface area contributed by atoms with Crippen molar-refractivity contribution in [2.45, 2.75) is 19.4 Å². The lowest BCUT2D eigenvalue weighted by Crippen LogP contribution is -2.28. The number of nitrogens with zero attached hydrogens (tertiary/aromatic N) is 1. The van der Waals surface area contributed by atoms with Crippen molar-refractivity contribution in [2.24, 2.45) is 5.92 Å². The second-order valence-electron chi connectivity index (χ2n) is 5.80. The number of halogens is 1. The van der Waals surface area contributed by atoms with Crippen LogP contribution in [0.25, 0.3) is 6.08 Å². The third-order valence-corrected chi connectivity index (χ3v) is 4.40. The van der Waals surface area contributed by atoms with E-state index < -0.39 is 0 Å². The number of fused-ring (bicyclic) bond motifs is 1. The molecule has 1 saturated heterocycles. The zero-order valence-corrected chi connectivity index (χ0v) is 12.4. The summed E-state index contributed by atoms with van der Waals surface area (Å²) in [4.78, 5) is 2.39. The summed E-state index contributed by atoms with van der Waals surface area (Å²) in [7, 11) is 0. The van der Waals surface area contributed by atoms with Crippen molar-refractivity contribution in [1.82, 2.24) is 4.90 Å². The highest BCUT2D eigenvalue weighted by Crippen LogP contribution is 2.30. The van der Waals surface area contributed by atoms with Crippen molar-refractivity contribution in [3.63, 3.8) is 0 Å². The van der Waals surface area contributed by atoms with Gasteiger partial charge in [0.05, 0.1) is 6.10 Å². The van der Waals surface area contributed by atoms with E-state index >= 15 is 0 Å². The molecule has 0 saturated carbocycles. The van der Waals surface area contributed by atoms with Crippen LogP contribution in [0, 0.1) is 5.92 Å². The first-order chi connectivity index (χ1) is 9.61. The van der Waals surface area contributed by atoms with Gasteiger partial charge in [-0.25, -0.2) is 0 Å². The first kappa shape index (κ1) is 13.9. The van der Waals surface area contributed by atoms with Gasteiger partial charge in [-0.15, -0.1) is 0 Å². The molecular formula is C16H20ClNO2. The SMILES string of the molecule is CC(O)C1CCN(CC2=Cc3cc(Cl)ccc3OC2)C1. The minimum absolute atomic E-state index is 0.212. The summed E-state index contributed by atoms with van der Waals surface area (Å²) >= 11 is 6.03. The second kappa shape index (κ2) is 5.76. The smallest absolute Gasteiger partial charge is 0.127 e. The molecule has 108 valence electrons. The van der Waals surface area contributed by atoms with E-state index in [0.717, 1.165) is 42.4 Å². The topological polar surface area (TPSA) is 32.7 Å². The predicted octanol–water partition coefficient (Wildman–Crippen LogP) is 2.82. The van der Waals surface area contributed by atoms with Crippen LogP contribution < -0.4 is 4.74 Å². The molecule has 2 unspecified atom stereocenters. The highest BCUT2D eigenvalue weighted by molar-refractivity contribution is 6.30. The molecule has 0 aliphatic carbocycles. The fourth-order valence-electron chi connectivity index (χ4n) is 2.97. The number of aliphatic hydroxyl groups excluding tert-OH is 1. The van der Waals surface area contributed by atoms with Crippen LogP contribution in [0.5, 0.6) is 5.75 Å². The number of hydrogen-bond acceptors (Lipinski definition) is 3. The minimum Gasteiger partial charge on any atom is -0.489 e. The summed E-state index contributed by atoms with van der Waals surface area (Å²) in [5.41, 5.74) is 2.33. The Hall–Kier alpha value is -1.03. The lowest BCUT2D eigenvalue weighted by Gasteiger charge is -2.23. The van der Waals surface area contributed by atoms with Crippen LogP contribution in [0.2, 0.25) is 5.02 Å². The molecule has 0 radical (unpaired) electrons. The fourth-order valence-corrected chi connectivity index (χ4v) is 3.15. The van der Waals surface area contributed by atoms with Crippen LogP contribution in [0.15, 0.2) is 23.8 Å². The van der Waals surface area contributed by atoms with Crippen molar-refractivity contribution in [3.05, 3.63) is 34.4 Å². The number of aliphatic hydroxyl groups is 1. The average Bonchev–Trinajstić information content (AvgIpc) is 2.87. The zero-order chi connectivity index (χ0) is 14.1. The lowest BCUT2D eigenvalue weighted by molar-refractivity contribution is 0.128. The summed E-state index contributed by atoms with van der Waals surface area (Å²) < 4.78 is 5.77. The van der Waals surface area contributed by atoms with Crippen molar-refractivity contribution in [1.29, 1.82) is 0 Å². The molecule has 3 rings (SSSR count). The number of ether oxygens (including phenoxy) is 1. The monoisotopic (exact) mass is 293 g/mol. The molecule has 0 amide bonds. The highest BCUT2D eigenvalue weighted by Gasteiger charge is 2.26. The quantitative estimate of drug-likeness (QED) is 0.930. The van der Waals surface area contributed by atoms with Crippen molar-refractivity contribution >= 4 is 17.7 Å². The van der Waals surface area contributed by atoms with Crippen molar-refractivity contribution in [2.75, 3.05) is 26.2 Å². The van der Waals surface area contributed by atoms with Gasteiger partial charge in [0.15, 0.2) is 0 Å². The first-order valence-electron chi connectivity index (χ1n) is 7.14. The molecule has 2 aliphatic heterocycles. The van der Waals surface area contributed by atoms with Gasteiger partial charge in [0.2, 0.25) is 0 Å². The molecule has 0 aromatic heterocycles. The minimum atomic E-state index is -0.212. The molecule has 1 fully saturated rings. The molecule has 1 aromatic rings.